The van der Waals surface area contributed by atoms with Gasteiger partial charge in [-0.2, -0.15) is 0 Å². The number of rotatable bonds is 6. The molecule has 1 heterocycles. The third-order valence-corrected chi connectivity index (χ3v) is 4.84. The highest BCUT2D eigenvalue weighted by Crippen LogP contribution is 2.37. The van der Waals surface area contributed by atoms with Gasteiger partial charge in [-0.15, -0.1) is 0 Å². The normalized spacial score (nSPS) is 18.0. The lowest BCUT2D eigenvalue weighted by Crippen LogP contribution is -2.41. The van der Waals surface area contributed by atoms with E-state index in [2.05, 4.69) is 0 Å². The number of benzene rings is 2. The third-order valence-electron chi connectivity index (χ3n) is 4.84. The van der Waals surface area contributed by atoms with E-state index in [0.29, 0.717) is 17.8 Å². The molecule has 3 rings (SSSR count). The summed E-state index contributed by atoms with van der Waals surface area (Å²) in [5.41, 5.74) is -0.274. The zero-order chi connectivity index (χ0) is 18.8. The molecule has 6 heteroatoms. The Morgan fingerprint density at radius 3 is 2.15 bits per heavy atom. The first-order chi connectivity index (χ1) is 12.3. The fourth-order valence-electron chi connectivity index (χ4n) is 2.63. The van der Waals surface area contributed by atoms with Gasteiger partial charge in [0.2, 0.25) is 0 Å². The molecule has 2 aromatic carbocycles. The Bertz CT molecular complexity index is 733. The molecule has 1 aliphatic rings. The lowest BCUT2D eigenvalue weighted by Gasteiger charge is -2.32. The van der Waals surface area contributed by atoms with Crippen molar-refractivity contribution in [3.8, 4) is 11.5 Å². The van der Waals surface area contributed by atoms with Crippen LogP contribution in [0.2, 0.25) is 0 Å². The second-order valence-electron chi connectivity index (χ2n) is 7.28. The molecule has 2 aromatic rings. The van der Waals surface area contributed by atoms with Crippen molar-refractivity contribution in [1.29, 1.82) is 0 Å². The van der Waals surface area contributed by atoms with Crippen LogP contribution in [0, 0.1) is 5.82 Å². The van der Waals surface area contributed by atoms with E-state index in [-0.39, 0.29) is 12.4 Å². The van der Waals surface area contributed by atoms with Gasteiger partial charge >= 0.3 is 7.12 Å². The molecule has 0 saturated carbocycles. The number of para-hydroxylation sites is 1. The summed E-state index contributed by atoms with van der Waals surface area (Å²) in [5, 5.41) is 0. The number of halogens is 1. The molecule has 0 aromatic heterocycles. The maximum Gasteiger partial charge on any atom is 0.498 e. The van der Waals surface area contributed by atoms with Crippen LogP contribution >= 0.6 is 0 Å². The van der Waals surface area contributed by atoms with E-state index in [1.54, 1.807) is 6.07 Å². The zero-order valence-electron chi connectivity index (χ0n) is 15.6. The summed E-state index contributed by atoms with van der Waals surface area (Å²) < 4.78 is 37.2. The second kappa shape index (κ2) is 7.29. The lowest BCUT2D eigenvalue weighted by atomic mass is 9.78. The standard InChI is InChI=1S/C20H24BFO4/c1-19(2)20(3,4)26-21(25-19)17-11-10-15(22)14-18(17)24-13-12-23-16-8-6-5-7-9-16/h5-11,14H,12-13H2,1-4H3. The average Bonchev–Trinajstić information content (AvgIpc) is 2.80. The molecule has 4 nitrogen and oxygen atoms in total. The second-order valence-corrected chi connectivity index (χ2v) is 7.28. The van der Waals surface area contributed by atoms with E-state index in [4.69, 9.17) is 18.8 Å². The topological polar surface area (TPSA) is 36.9 Å². The van der Waals surface area contributed by atoms with Crippen LogP contribution in [0.3, 0.4) is 0 Å². The zero-order valence-corrected chi connectivity index (χ0v) is 15.6. The Balaban J connectivity index is 1.67. The predicted octanol–water partition coefficient (Wildman–Crippen LogP) is 3.58. The Hall–Kier alpha value is -2.05. The molecule has 1 fully saturated rings. The molecule has 1 aliphatic heterocycles. The molecule has 0 unspecified atom stereocenters. The molecule has 0 spiro atoms. The lowest BCUT2D eigenvalue weighted by molar-refractivity contribution is 0.00578. The van der Waals surface area contributed by atoms with Crippen molar-refractivity contribution in [2.45, 2.75) is 38.9 Å². The van der Waals surface area contributed by atoms with E-state index in [0.717, 1.165) is 5.75 Å². The Kier molecular flexibility index (Phi) is 5.25. The van der Waals surface area contributed by atoms with Crippen LogP contribution in [-0.2, 0) is 9.31 Å². The van der Waals surface area contributed by atoms with Crippen LogP contribution < -0.4 is 14.9 Å². The SMILES string of the molecule is CC1(C)OB(c2ccc(F)cc2OCCOc2ccccc2)OC1(C)C. The van der Waals surface area contributed by atoms with Gasteiger partial charge in [0, 0.05) is 11.5 Å². The summed E-state index contributed by atoms with van der Waals surface area (Å²) in [5.74, 6) is 0.797. The highest BCUT2D eigenvalue weighted by Gasteiger charge is 2.52. The summed E-state index contributed by atoms with van der Waals surface area (Å²) in [6, 6.07) is 13.8. The van der Waals surface area contributed by atoms with E-state index >= 15 is 0 Å². The molecule has 0 amide bonds. The first kappa shape index (κ1) is 18.7. The van der Waals surface area contributed by atoms with E-state index in [1.807, 2.05) is 58.0 Å². The van der Waals surface area contributed by atoms with Gasteiger partial charge in [-0.3, -0.25) is 0 Å². The van der Waals surface area contributed by atoms with Crippen molar-refractivity contribution in [3.05, 3.63) is 54.3 Å². The number of hydrogen-bond donors (Lipinski definition) is 0. The van der Waals surface area contributed by atoms with Crippen molar-refractivity contribution >= 4 is 12.6 Å². The van der Waals surface area contributed by atoms with Gasteiger partial charge in [-0.05, 0) is 45.9 Å². The van der Waals surface area contributed by atoms with Crippen molar-refractivity contribution in [1.82, 2.24) is 0 Å². The minimum Gasteiger partial charge on any atom is -0.490 e. The minimum absolute atomic E-state index is 0.283. The molecule has 138 valence electrons. The quantitative estimate of drug-likeness (QED) is 0.584. The summed E-state index contributed by atoms with van der Waals surface area (Å²) in [6.45, 7) is 8.54. The van der Waals surface area contributed by atoms with Crippen LogP contribution in [0.1, 0.15) is 27.7 Å². The molecule has 0 bridgehead atoms. The highest BCUT2D eigenvalue weighted by atomic mass is 19.1. The van der Waals surface area contributed by atoms with E-state index in [1.165, 1.54) is 12.1 Å². The molecule has 0 aliphatic carbocycles. The maximum atomic E-state index is 13.7. The predicted molar refractivity (Wildman–Crippen MR) is 99.5 cm³/mol. The summed E-state index contributed by atoms with van der Waals surface area (Å²) in [7, 11) is -0.606. The minimum atomic E-state index is -0.606. The number of hydrogen-bond acceptors (Lipinski definition) is 4. The molecule has 26 heavy (non-hydrogen) atoms. The van der Waals surface area contributed by atoms with Crippen LogP contribution in [0.25, 0.3) is 0 Å². The number of ether oxygens (including phenoxy) is 2. The third kappa shape index (κ3) is 4.02. The van der Waals surface area contributed by atoms with Gasteiger partial charge < -0.3 is 18.8 Å². The Morgan fingerprint density at radius 1 is 0.885 bits per heavy atom. The van der Waals surface area contributed by atoms with Gasteiger partial charge in [0.05, 0.1) is 11.2 Å². The molecular formula is C20H24BFO4. The highest BCUT2D eigenvalue weighted by molar-refractivity contribution is 6.63. The van der Waals surface area contributed by atoms with E-state index in [9.17, 15) is 4.39 Å². The largest absolute Gasteiger partial charge is 0.498 e. The van der Waals surface area contributed by atoms with Gasteiger partial charge in [0.25, 0.3) is 0 Å². The summed E-state index contributed by atoms with van der Waals surface area (Å²) in [6.07, 6.45) is 0. The van der Waals surface area contributed by atoms with Crippen molar-refractivity contribution < 1.29 is 23.2 Å². The average molecular weight is 358 g/mol. The van der Waals surface area contributed by atoms with Crippen LogP contribution in [0.15, 0.2) is 48.5 Å². The van der Waals surface area contributed by atoms with Crippen molar-refractivity contribution in [3.63, 3.8) is 0 Å². The van der Waals surface area contributed by atoms with E-state index < -0.39 is 18.3 Å². The molecule has 0 radical (unpaired) electrons. The molecule has 0 N–H and O–H groups in total. The summed E-state index contributed by atoms with van der Waals surface area (Å²) >= 11 is 0. The first-order valence-corrected chi connectivity index (χ1v) is 8.74. The van der Waals surface area contributed by atoms with Gasteiger partial charge in [-0.25, -0.2) is 4.39 Å². The Labute approximate surface area is 154 Å². The fourth-order valence-corrected chi connectivity index (χ4v) is 2.63. The first-order valence-electron chi connectivity index (χ1n) is 8.74. The maximum absolute atomic E-state index is 13.7. The molecule has 1 saturated heterocycles. The smallest absolute Gasteiger partial charge is 0.490 e. The summed E-state index contributed by atoms with van der Waals surface area (Å²) in [4.78, 5) is 0. The van der Waals surface area contributed by atoms with Crippen molar-refractivity contribution in [2.24, 2.45) is 0 Å². The van der Waals surface area contributed by atoms with Crippen molar-refractivity contribution in [2.75, 3.05) is 13.2 Å². The van der Waals surface area contributed by atoms with Crippen LogP contribution in [-0.4, -0.2) is 31.5 Å². The monoisotopic (exact) mass is 358 g/mol. The van der Waals surface area contributed by atoms with Gasteiger partial charge in [-0.1, -0.05) is 24.3 Å². The van der Waals surface area contributed by atoms with Gasteiger partial charge in [0.1, 0.15) is 30.5 Å². The Morgan fingerprint density at radius 2 is 1.50 bits per heavy atom. The van der Waals surface area contributed by atoms with Crippen LogP contribution in [0.5, 0.6) is 11.5 Å². The molecular weight excluding hydrogens is 334 g/mol. The van der Waals surface area contributed by atoms with Gasteiger partial charge in [0.15, 0.2) is 0 Å². The van der Waals surface area contributed by atoms with Crippen LogP contribution in [0.4, 0.5) is 4.39 Å². The molecule has 0 atom stereocenters. The fraction of sp³-hybridized carbons (Fsp3) is 0.400.